The number of aromatic hydroxyl groups is 1. The van der Waals surface area contributed by atoms with Crippen LogP contribution in [0.3, 0.4) is 0 Å². The third-order valence-corrected chi connectivity index (χ3v) is 10.3. The summed E-state index contributed by atoms with van der Waals surface area (Å²) in [7, 11) is 0. The molecule has 12 nitrogen and oxygen atoms in total. The van der Waals surface area contributed by atoms with E-state index in [0.29, 0.717) is 72.9 Å². The van der Waals surface area contributed by atoms with Gasteiger partial charge >= 0.3 is 12.1 Å². The van der Waals surface area contributed by atoms with E-state index in [1.807, 2.05) is 4.90 Å². The van der Waals surface area contributed by atoms with E-state index in [-0.39, 0.29) is 41.9 Å². The van der Waals surface area contributed by atoms with Crippen LogP contribution in [0.15, 0.2) is 30.3 Å². The van der Waals surface area contributed by atoms with Gasteiger partial charge in [-0.3, -0.25) is 9.69 Å². The summed E-state index contributed by atoms with van der Waals surface area (Å²) >= 11 is 12.6. The fourth-order valence-corrected chi connectivity index (χ4v) is 7.49. The molecule has 14 heteroatoms. The molecule has 4 aliphatic rings. The summed E-state index contributed by atoms with van der Waals surface area (Å²) in [6.07, 6.45) is 3.39. The fraction of sp³-hybridized carbons (Fsp3) is 0.531. The van der Waals surface area contributed by atoms with Crippen LogP contribution in [0.5, 0.6) is 5.75 Å². The number of piperazine rings is 1. The maximum absolute atomic E-state index is 14.0. The molecule has 2 aromatic carbocycles. The summed E-state index contributed by atoms with van der Waals surface area (Å²) in [5.74, 6) is 0.000922. The summed E-state index contributed by atoms with van der Waals surface area (Å²) in [6, 6.07) is 7.34. The van der Waals surface area contributed by atoms with E-state index in [1.54, 1.807) is 40.1 Å². The number of amides is 5. The Kier molecular flexibility index (Phi) is 9.98. The smallest absolute Gasteiger partial charge is 0.322 e. The van der Waals surface area contributed by atoms with Gasteiger partial charge in [0, 0.05) is 83.2 Å². The van der Waals surface area contributed by atoms with Crippen molar-refractivity contribution in [3.05, 3.63) is 51.5 Å². The van der Waals surface area contributed by atoms with E-state index in [0.717, 1.165) is 44.7 Å². The number of benzene rings is 2. The Morgan fingerprint density at radius 2 is 1.63 bits per heavy atom. The molecule has 2 aromatic rings. The minimum absolute atomic E-state index is 0.0666. The Hall–Kier alpha value is -3.45. The molecule has 46 heavy (non-hydrogen) atoms. The molecule has 1 atom stereocenters. The van der Waals surface area contributed by atoms with Gasteiger partial charge in [0.15, 0.2) is 0 Å². The average Bonchev–Trinajstić information content (AvgIpc) is 3.07. The molecule has 0 aliphatic carbocycles. The highest BCUT2D eigenvalue weighted by Gasteiger charge is 2.35. The van der Waals surface area contributed by atoms with E-state index in [2.05, 4.69) is 15.5 Å². The van der Waals surface area contributed by atoms with Gasteiger partial charge in [-0.1, -0.05) is 23.2 Å². The minimum atomic E-state index is -0.826. The van der Waals surface area contributed by atoms with Crippen molar-refractivity contribution in [2.45, 2.75) is 56.8 Å². The van der Waals surface area contributed by atoms with E-state index in [9.17, 15) is 19.5 Å². The lowest BCUT2D eigenvalue weighted by atomic mass is 10.0. The van der Waals surface area contributed by atoms with Crippen molar-refractivity contribution < 1.29 is 24.2 Å². The number of anilines is 2. The molecule has 5 amide bonds. The molecule has 248 valence electrons. The molecule has 3 saturated heterocycles. The SMILES string of the molecule is Nc1c(Cl)cc(C[C@@H](NC(=O)N2CCC(N3Cc4cc(O)ccc4NC3=O)CC2)C(=O)N2CCN(C3CCOCC3)CC2)cc1Cl. The number of likely N-dealkylation sites (tertiary alicyclic amines) is 1. The van der Waals surface area contributed by atoms with Crippen LogP contribution in [0.1, 0.15) is 36.8 Å². The van der Waals surface area contributed by atoms with Crippen LogP contribution in [-0.2, 0) is 22.5 Å². The monoisotopic (exact) mass is 673 g/mol. The number of fused-ring (bicyclic) bond motifs is 1. The summed E-state index contributed by atoms with van der Waals surface area (Å²) in [4.78, 5) is 48.2. The van der Waals surface area contributed by atoms with Crippen LogP contribution >= 0.6 is 23.2 Å². The van der Waals surface area contributed by atoms with Crippen molar-refractivity contribution in [3.8, 4) is 5.75 Å². The van der Waals surface area contributed by atoms with Crippen molar-refractivity contribution >= 4 is 52.5 Å². The van der Waals surface area contributed by atoms with Gasteiger partial charge in [-0.2, -0.15) is 0 Å². The van der Waals surface area contributed by atoms with Crippen LogP contribution < -0.4 is 16.4 Å². The third kappa shape index (κ3) is 7.25. The topological polar surface area (TPSA) is 144 Å². The minimum Gasteiger partial charge on any atom is -0.508 e. The van der Waals surface area contributed by atoms with E-state index in [4.69, 9.17) is 33.7 Å². The van der Waals surface area contributed by atoms with Gasteiger partial charge in [-0.05, 0) is 67.1 Å². The molecule has 4 aliphatic heterocycles. The molecule has 0 bridgehead atoms. The van der Waals surface area contributed by atoms with Gasteiger partial charge in [0.2, 0.25) is 5.91 Å². The van der Waals surface area contributed by atoms with E-state index >= 15 is 0 Å². The van der Waals surface area contributed by atoms with Crippen molar-refractivity contribution in [2.75, 3.05) is 63.5 Å². The van der Waals surface area contributed by atoms with Gasteiger partial charge in [0.1, 0.15) is 11.8 Å². The Bertz CT molecular complexity index is 1430. The standard InChI is InChI=1S/C32H41Cl2N7O5/c33-25-15-20(16-26(34)29(25)35)17-28(30(43)39-11-9-38(10-12-39)22-5-13-46-14-6-22)37-31(44)40-7-3-23(4-8-40)41-19-21-18-24(42)1-2-27(21)36-32(41)45/h1-2,15-16,18,22-23,28,42H,3-14,17,19,35H2,(H,36,45)(H,37,44)/t28-/m1/s1. The fourth-order valence-electron chi connectivity index (χ4n) is 6.96. The average molecular weight is 675 g/mol. The summed E-state index contributed by atoms with van der Waals surface area (Å²) in [5.41, 5.74) is 8.46. The van der Waals surface area contributed by atoms with Crippen LogP contribution in [0, 0.1) is 0 Å². The number of nitrogen functional groups attached to an aromatic ring is 1. The maximum Gasteiger partial charge on any atom is 0.322 e. The number of halogens is 2. The first-order valence-electron chi connectivity index (χ1n) is 15.9. The van der Waals surface area contributed by atoms with Crippen molar-refractivity contribution in [3.63, 3.8) is 0 Å². The predicted octanol–water partition coefficient (Wildman–Crippen LogP) is 3.74. The summed E-state index contributed by atoms with van der Waals surface area (Å²) in [5, 5.41) is 16.4. The summed E-state index contributed by atoms with van der Waals surface area (Å²) < 4.78 is 5.52. The predicted molar refractivity (Wildman–Crippen MR) is 176 cm³/mol. The molecule has 4 heterocycles. The molecular formula is C32H41Cl2N7O5. The normalized spacial score (nSPS) is 20.7. The number of carbonyl (C=O) groups excluding carboxylic acids is 3. The second-order valence-corrected chi connectivity index (χ2v) is 13.3. The van der Waals surface area contributed by atoms with Gasteiger partial charge in [-0.15, -0.1) is 0 Å². The molecule has 0 aromatic heterocycles. The Morgan fingerprint density at radius 1 is 0.957 bits per heavy atom. The number of nitrogens with two attached hydrogens (primary N) is 1. The molecule has 0 unspecified atom stereocenters. The second kappa shape index (κ2) is 14.1. The van der Waals surface area contributed by atoms with Crippen LogP contribution in [-0.4, -0.2) is 113 Å². The number of rotatable bonds is 6. The molecule has 0 spiro atoms. The number of phenolic OH excluding ortho intramolecular Hbond substituents is 1. The van der Waals surface area contributed by atoms with E-state index < -0.39 is 6.04 Å². The number of ether oxygens (including phenoxy) is 1. The summed E-state index contributed by atoms with van der Waals surface area (Å²) in [6.45, 7) is 5.49. The van der Waals surface area contributed by atoms with E-state index in [1.165, 1.54) is 0 Å². The number of nitrogens with one attached hydrogen (secondary N) is 2. The molecule has 0 saturated carbocycles. The first kappa shape index (κ1) is 32.5. The molecule has 6 rings (SSSR count). The van der Waals surface area contributed by atoms with Crippen LogP contribution in [0.25, 0.3) is 0 Å². The van der Waals surface area contributed by atoms with Crippen LogP contribution in [0.4, 0.5) is 21.0 Å². The highest BCUT2D eigenvalue weighted by atomic mass is 35.5. The second-order valence-electron chi connectivity index (χ2n) is 12.5. The lowest BCUT2D eigenvalue weighted by Crippen LogP contribution is -2.59. The Morgan fingerprint density at radius 3 is 2.30 bits per heavy atom. The number of hydrogen-bond donors (Lipinski definition) is 4. The van der Waals surface area contributed by atoms with Gasteiger partial charge in [0.25, 0.3) is 0 Å². The lowest BCUT2D eigenvalue weighted by Gasteiger charge is -2.42. The zero-order chi connectivity index (χ0) is 32.4. The Labute approximate surface area is 278 Å². The maximum atomic E-state index is 14.0. The van der Waals surface area contributed by atoms with Crippen molar-refractivity contribution in [2.24, 2.45) is 0 Å². The molecule has 5 N–H and O–H groups in total. The van der Waals surface area contributed by atoms with Gasteiger partial charge in [0.05, 0.1) is 15.7 Å². The molecular weight excluding hydrogens is 633 g/mol. The molecule has 3 fully saturated rings. The number of nitrogens with zero attached hydrogens (tertiary/aromatic N) is 4. The number of urea groups is 2. The largest absolute Gasteiger partial charge is 0.508 e. The first-order chi connectivity index (χ1) is 22.2. The highest BCUT2D eigenvalue weighted by molar-refractivity contribution is 6.38. The lowest BCUT2D eigenvalue weighted by molar-refractivity contribution is -0.135. The molecule has 0 radical (unpaired) electrons. The number of phenols is 1. The zero-order valence-corrected chi connectivity index (χ0v) is 27.2. The highest BCUT2D eigenvalue weighted by Crippen LogP contribution is 2.31. The Balaban J connectivity index is 1.09. The van der Waals surface area contributed by atoms with Gasteiger partial charge < -0.3 is 40.9 Å². The number of hydrogen-bond acceptors (Lipinski definition) is 7. The van der Waals surface area contributed by atoms with Crippen LogP contribution in [0.2, 0.25) is 10.0 Å². The number of carbonyl (C=O) groups is 3. The van der Waals surface area contributed by atoms with Crippen molar-refractivity contribution in [1.29, 1.82) is 0 Å². The quantitative estimate of drug-likeness (QED) is 0.270. The first-order valence-corrected chi connectivity index (χ1v) is 16.7. The van der Waals surface area contributed by atoms with Crippen molar-refractivity contribution in [1.82, 2.24) is 24.9 Å². The zero-order valence-electron chi connectivity index (χ0n) is 25.7. The van der Waals surface area contributed by atoms with Gasteiger partial charge in [-0.25, -0.2) is 9.59 Å². The number of piperidine rings is 1. The third-order valence-electron chi connectivity index (χ3n) is 9.63.